The number of carbonyl (C=O) groups is 2. The molecule has 0 saturated heterocycles. The molecule has 0 radical (unpaired) electrons. The van der Waals surface area contributed by atoms with Crippen molar-refractivity contribution >= 4 is 28.2 Å². The quantitative estimate of drug-likeness (QED) is 0.639. The lowest BCUT2D eigenvalue weighted by Crippen LogP contribution is -2.31. The first-order chi connectivity index (χ1) is 13.0. The summed E-state index contributed by atoms with van der Waals surface area (Å²) in [6.45, 7) is 7.36. The maximum absolute atomic E-state index is 12.6. The molecule has 146 valence electrons. The molecule has 2 aromatic rings. The van der Waals surface area contributed by atoms with Gasteiger partial charge in [0.1, 0.15) is 10.6 Å². The number of ether oxygens (including phenoxy) is 1. The van der Waals surface area contributed by atoms with Crippen molar-refractivity contribution in [3.05, 3.63) is 40.8 Å². The van der Waals surface area contributed by atoms with Crippen molar-refractivity contribution in [3.8, 4) is 11.1 Å². The third-order valence-corrected chi connectivity index (χ3v) is 5.09. The number of nitrogens with one attached hydrogen (secondary N) is 1. The van der Waals surface area contributed by atoms with Crippen LogP contribution in [0.1, 0.15) is 42.6 Å². The molecule has 5 nitrogen and oxygen atoms in total. The predicted octanol–water partition coefficient (Wildman–Crippen LogP) is 4.57. The Bertz CT molecular complexity index is 768. The number of rotatable bonds is 9. The van der Waals surface area contributed by atoms with Gasteiger partial charge in [0.05, 0.1) is 13.2 Å². The fourth-order valence-corrected chi connectivity index (χ4v) is 3.69. The summed E-state index contributed by atoms with van der Waals surface area (Å²) in [4.78, 5) is 26.9. The summed E-state index contributed by atoms with van der Waals surface area (Å²) in [5, 5.41) is 5.33. The van der Waals surface area contributed by atoms with Crippen LogP contribution in [0.3, 0.4) is 0 Å². The largest absolute Gasteiger partial charge is 0.462 e. The average molecular weight is 389 g/mol. The highest BCUT2D eigenvalue weighted by atomic mass is 32.1. The van der Waals surface area contributed by atoms with E-state index in [-0.39, 0.29) is 12.5 Å². The standard InChI is InChI=1S/C21H28N2O3S/c1-5-7-12-23(4)13-18(24)22-20-19(21(25)26-6-2)17(14-27-20)16-10-8-15(3)9-11-16/h8-11,14H,5-7,12-13H2,1-4H3,(H,22,24). The van der Waals surface area contributed by atoms with Gasteiger partial charge in [0.25, 0.3) is 0 Å². The van der Waals surface area contributed by atoms with Gasteiger partial charge < -0.3 is 10.1 Å². The Labute approximate surface area is 165 Å². The number of thiophene rings is 1. The number of hydrogen-bond acceptors (Lipinski definition) is 5. The Morgan fingerprint density at radius 2 is 1.89 bits per heavy atom. The Balaban J connectivity index is 2.24. The maximum Gasteiger partial charge on any atom is 0.341 e. The van der Waals surface area contributed by atoms with Crippen LogP contribution in [0.4, 0.5) is 5.00 Å². The molecule has 27 heavy (non-hydrogen) atoms. The first-order valence-electron chi connectivity index (χ1n) is 9.30. The fraction of sp³-hybridized carbons (Fsp3) is 0.429. The van der Waals surface area contributed by atoms with E-state index >= 15 is 0 Å². The lowest BCUT2D eigenvalue weighted by Gasteiger charge is -2.15. The predicted molar refractivity (Wildman–Crippen MR) is 111 cm³/mol. The van der Waals surface area contributed by atoms with Crippen molar-refractivity contribution in [3.63, 3.8) is 0 Å². The molecule has 0 atom stereocenters. The molecular weight excluding hydrogens is 360 g/mol. The van der Waals surface area contributed by atoms with Gasteiger partial charge >= 0.3 is 5.97 Å². The van der Waals surface area contributed by atoms with Crippen LogP contribution in [0, 0.1) is 6.92 Å². The monoisotopic (exact) mass is 388 g/mol. The molecule has 0 unspecified atom stereocenters. The molecule has 1 amide bonds. The van der Waals surface area contributed by atoms with Crippen molar-refractivity contribution in [2.24, 2.45) is 0 Å². The van der Waals surface area contributed by atoms with Crippen LogP contribution in [0.5, 0.6) is 0 Å². The fourth-order valence-electron chi connectivity index (χ4n) is 2.72. The van der Waals surface area contributed by atoms with Gasteiger partial charge in [0.15, 0.2) is 0 Å². The zero-order valence-electron chi connectivity index (χ0n) is 16.5. The Morgan fingerprint density at radius 3 is 2.52 bits per heavy atom. The first kappa shape index (κ1) is 21.1. The zero-order valence-corrected chi connectivity index (χ0v) is 17.3. The van der Waals surface area contributed by atoms with Crippen molar-refractivity contribution in [2.75, 3.05) is 32.1 Å². The van der Waals surface area contributed by atoms with Crippen LogP contribution >= 0.6 is 11.3 Å². The minimum absolute atomic E-state index is 0.128. The number of esters is 1. The Hall–Kier alpha value is -2.18. The minimum atomic E-state index is -0.413. The summed E-state index contributed by atoms with van der Waals surface area (Å²) in [5.74, 6) is -0.541. The van der Waals surface area contributed by atoms with E-state index in [9.17, 15) is 9.59 Å². The summed E-state index contributed by atoms with van der Waals surface area (Å²) in [7, 11) is 1.92. The molecule has 1 aromatic carbocycles. The number of amides is 1. The van der Waals surface area contributed by atoms with Crippen LogP contribution in [0.15, 0.2) is 29.6 Å². The number of likely N-dealkylation sites (N-methyl/N-ethyl adjacent to an activating group) is 1. The van der Waals surface area contributed by atoms with Gasteiger partial charge in [-0.05, 0) is 39.4 Å². The van der Waals surface area contributed by atoms with Gasteiger partial charge in [0, 0.05) is 10.9 Å². The maximum atomic E-state index is 12.6. The Kier molecular flexibility index (Phi) is 8.00. The molecule has 0 spiro atoms. The number of aryl methyl sites for hydroxylation is 1. The molecule has 1 aromatic heterocycles. The number of anilines is 1. The van der Waals surface area contributed by atoms with E-state index in [0.29, 0.717) is 17.1 Å². The molecular formula is C21H28N2O3S. The summed E-state index contributed by atoms with van der Waals surface area (Å²) in [6, 6.07) is 7.96. The van der Waals surface area contributed by atoms with Crippen molar-refractivity contribution < 1.29 is 14.3 Å². The van der Waals surface area contributed by atoms with Gasteiger partial charge in [-0.15, -0.1) is 11.3 Å². The van der Waals surface area contributed by atoms with Crippen molar-refractivity contribution in [2.45, 2.75) is 33.6 Å². The highest BCUT2D eigenvalue weighted by Gasteiger charge is 2.23. The lowest BCUT2D eigenvalue weighted by molar-refractivity contribution is -0.117. The SMILES string of the molecule is CCCCN(C)CC(=O)Nc1scc(-c2ccc(C)cc2)c1C(=O)OCC. The normalized spacial score (nSPS) is 10.9. The first-order valence-corrected chi connectivity index (χ1v) is 10.2. The molecule has 2 rings (SSSR count). The minimum Gasteiger partial charge on any atom is -0.462 e. The van der Waals surface area contributed by atoms with E-state index < -0.39 is 5.97 Å². The molecule has 1 heterocycles. The van der Waals surface area contributed by atoms with E-state index in [0.717, 1.165) is 36.1 Å². The van der Waals surface area contributed by atoms with E-state index in [2.05, 4.69) is 12.2 Å². The van der Waals surface area contributed by atoms with Gasteiger partial charge in [0.2, 0.25) is 5.91 Å². The van der Waals surface area contributed by atoms with Crippen molar-refractivity contribution in [1.82, 2.24) is 4.90 Å². The molecule has 0 bridgehead atoms. The molecule has 0 fully saturated rings. The number of nitrogens with zero attached hydrogens (tertiary/aromatic N) is 1. The number of benzene rings is 1. The second-order valence-electron chi connectivity index (χ2n) is 6.58. The van der Waals surface area contributed by atoms with E-state index in [1.807, 2.05) is 48.5 Å². The zero-order chi connectivity index (χ0) is 19.8. The van der Waals surface area contributed by atoms with Crippen LogP contribution in [-0.4, -0.2) is 43.5 Å². The number of carbonyl (C=O) groups excluding carboxylic acids is 2. The molecule has 0 aliphatic heterocycles. The molecule has 0 saturated carbocycles. The lowest BCUT2D eigenvalue weighted by atomic mass is 10.0. The smallest absolute Gasteiger partial charge is 0.341 e. The van der Waals surface area contributed by atoms with Crippen molar-refractivity contribution in [1.29, 1.82) is 0 Å². The van der Waals surface area contributed by atoms with Crippen LogP contribution in [-0.2, 0) is 9.53 Å². The highest BCUT2D eigenvalue weighted by molar-refractivity contribution is 7.15. The number of hydrogen-bond donors (Lipinski definition) is 1. The van der Waals surface area contributed by atoms with E-state index in [1.54, 1.807) is 6.92 Å². The second kappa shape index (κ2) is 10.2. The third kappa shape index (κ3) is 5.91. The number of unbranched alkanes of at least 4 members (excludes halogenated alkanes) is 1. The Morgan fingerprint density at radius 1 is 1.19 bits per heavy atom. The molecule has 6 heteroatoms. The van der Waals surface area contributed by atoms with Gasteiger partial charge in [-0.25, -0.2) is 4.79 Å². The van der Waals surface area contributed by atoms with E-state index in [4.69, 9.17) is 4.74 Å². The topological polar surface area (TPSA) is 58.6 Å². The van der Waals surface area contributed by atoms with Gasteiger partial charge in [-0.1, -0.05) is 43.2 Å². The summed E-state index contributed by atoms with van der Waals surface area (Å²) in [5.41, 5.74) is 3.29. The average Bonchev–Trinajstić information content (AvgIpc) is 3.04. The molecule has 1 N–H and O–H groups in total. The van der Waals surface area contributed by atoms with Crippen LogP contribution < -0.4 is 5.32 Å². The third-order valence-electron chi connectivity index (χ3n) is 4.19. The van der Waals surface area contributed by atoms with Gasteiger partial charge in [-0.3, -0.25) is 9.69 Å². The second-order valence-corrected chi connectivity index (χ2v) is 7.46. The van der Waals surface area contributed by atoms with Gasteiger partial charge in [-0.2, -0.15) is 0 Å². The summed E-state index contributed by atoms with van der Waals surface area (Å²) in [6.07, 6.45) is 2.14. The van der Waals surface area contributed by atoms with Crippen LogP contribution in [0.25, 0.3) is 11.1 Å². The molecule has 0 aliphatic carbocycles. The summed E-state index contributed by atoms with van der Waals surface area (Å²) >= 11 is 1.35. The summed E-state index contributed by atoms with van der Waals surface area (Å²) < 4.78 is 5.23. The highest BCUT2D eigenvalue weighted by Crippen LogP contribution is 2.36. The molecule has 0 aliphatic rings. The van der Waals surface area contributed by atoms with Crippen LogP contribution in [0.2, 0.25) is 0 Å². The van der Waals surface area contributed by atoms with E-state index in [1.165, 1.54) is 11.3 Å².